The Hall–Kier alpha value is -8.38. The molecule has 1 aliphatic rings. The maximum atomic E-state index is 13.3. The summed E-state index contributed by atoms with van der Waals surface area (Å²) < 4.78 is 54.1. The molecule has 88 heavy (non-hydrogen) atoms. The maximum absolute atomic E-state index is 13.3. The molecule has 16 nitrogen and oxygen atoms in total. The van der Waals surface area contributed by atoms with Crippen molar-refractivity contribution in [1.82, 2.24) is 0 Å². The quantitative estimate of drug-likeness (QED) is 0.0328. The minimum absolute atomic E-state index is 0.00762. The number of carbonyl (C=O) groups is 6. The van der Waals surface area contributed by atoms with E-state index in [4.69, 9.17) is 47.4 Å². The number of methoxy groups -OCH3 is 2. The van der Waals surface area contributed by atoms with Gasteiger partial charge in [-0.2, -0.15) is 0 Å². The highest BCUT2D eigenvalue weighted by Gasteiger charge is 2.15. The van der Waals surface area contributed by atoms with E-state index in [2.05, 4.69) is 47.4 Å². The van der Waals surface area contributed by atoms with Gasteiger partial charge >= 0.3 is 35.8 Å². The Labute approximate surface area is 527 Å². The molecule has 0 fully saturated rings. The number of hydrogen-bond donors (Lipinski definition) is 0. The van der Waals surface area contributed by atoms with Crippen molar-refractivity contribution in [3.8, 4) is 47.4 Å². The number of cyclic esters (lactones) is 4. The van der Waals surface area contributed by atoms with E-state index in [-0.39, 0.29) is 64.0 Å². The molecule has 6 aromatic carbocycles. The van der Waals surface area contributed by atoms with E-state index >= 15 is 0 Å². The molecule has 20 heteroatoms. The number of carbonyl (C=O) groups excluding carboxylic acids is 6. The van der Waals surface area contributed by atoms with E-state index in [1.165, 1.54) is 43.2 Å². The molecule has 0 unspecified atom stereocenters. The van der Waals surface area contributed by atoms with Gasteiger partial charge in [-0.25, -0.2) is 28.8 Å². The third-order valence-electron chi connectivity index (χ3n) is 11.7. The molecule has 1 heterocycles. The predicted octanol–water partition coefficient (Wildman–Crippen LogP) is 10.0. The van der Waals surface area contributed by atoms with Crippen LogP contribution in [-0.2, 0) is 47.4 Å². The molecular weight excluding hydrogens is 1200 g/mol. The fourth-order valence-corrected chi connectivity index (χ4v) is 10.8. The molecule has 7 rings (SSSR count). The zero-order chi connectivity index (χ0) is 62.0. The first kappa shape index (κ1) is 67.1. The second-order valence-electron chi connectivity index (χ2n) is 18.2. The van der Waals surface area contributed by atoms with Crippen molar-refractivity contribution >= 4 is 79.0 Å². The van der Waals surface area contributed by atoms with Gasteiger partial charge in [0.05, 0.1) is 73.0 Å². The number of hydrogen-bond acceptors (Lipinski definition) is 20. The number of fused-ring (bicyclic) bond motifs is 12. The molecule has 0 spiro atoms. The minimum atomic E-state index is -0.608. The molecule has 452 valence electrons. The van der Waals surface area contributed by atoms with E-state index in [0.29, 0.717) is 116 Å². The lowest BCUT2D eigenvalue weighted by atomic mass is 10.0. The van der Waals surface area contributed by atoms with Gasteiger partial charge in [-0.15, -0.1) is 0 Å². The fourth-order valence-electron chi connectivity index (χ4n) is 7.54. The lowest BCUT2D eigenvalue weighted by molar-refractivity contribution is 0.0209. The van der Waals surface area contributed by atoms with Crippen LogP contribution < -0.4 is 0 Å². The summed E-state index contributed by atoms with van der Waals surface area (Å²) in [6.07, 6.45) is 0. The monoisotopic (exact) mass is 1260 g/mol. The first-order chi connectivity index (χ1) is 43.0. The van der Waals surface area contributed by atoms with Crippen molar-refractivity contribution in [2.45, 2.75) is 0 Å². The van der Waals surface area contributed by atoms with Gasteiger partial charge in [0.2, 0.25) is 0 Å². The van der Waals surface area contributed by atoms with Crippen molar-refractivity contribution in [3.05, 3.63) is 211 Å². The second kappa shape index (κ2) is 38.0. The normalized spacial score (nSPS) is 13.7. The van der Waals surface area contributed by atoms with Gasteiger partial charge in [0.1, 0.15) is 39.6 Å². The molecule has 0 aromatic heterocycles. The molecule has 0 atom stereocenters. The third kappa shape index (κ3) is 24.1. The molecule has 0 amide bonds. The Morgan fingerprint density at radius 2 is 0.614 bits per heavy atom. The zero-order valence-electron chi connectivity index (χ0n) is 48.2. The fraction of sp³-hybridized carbons (Fsp3) is 0.265. The highest BCUT2D eigenvalue weighted by Crippen LogP contribution is 2.23. The van der Waals surface area contributed by atoms with Crippen molar-refractivity contribution < 1.29 is 76.1 Å². The summed E-state index contributed by atoms with van der Waals surface area (Å²) >= 11 is 0. The zero-order valence-corrected chi connectivity index (χ0v) is 51.4. The van der Waals surface area contributed by atoms with Crippen molar-refractivity contribution in [2.75, 3.05) is 117 Å². The summed E-state index contributed by atoms with van der Waals surface area (Å²) in [4.78, 5) is 79.0. The minimum Gasteiger partial charge on any atom is -0.461 e. The van der Waals surface area contributed by atoms with Crippen LogP contribution in [0.3, 0.4) is 0 Å². The average molecular weight is 1260 g/mol. The highest BCUT2D eigenvalue weighted by molar-refractivity contribution is 8.77. The predicted molar refractivity (Wildman–Crippen MR) is 339 cm³/mol. The van der Waals surface area contributed by atoms with Crippen LogP contribution in [0, 0.1) is 47.4 Å². The van der Waals surface area contributed by atoms with Crippen LogP contribution in [0.1, 0.15) is 107 Å². The van der Waals surface area contributed by atoms with Gasteiger partial charge in [0.25, 0.3) is 0 Å². The highest BCUT2D eigenvalue weighted by atomic mass is 33.1. The first-order valence-electron chi connectivity index (χ1n) is 27.5. The van der Waals surface area contributed by atoms with Gasteiger partial charge in [-0.05, 0) is 109 Å². The SMILES string of the molecule is COCCOCCOC(=O)c1cc2cc(c1)C#Cc1cccc(c1)C(=O)OCCSSCCOC(=O)c1cccc(c1)C#Cc1cc(cc(C(=O)OCCOCCOC)c1)C#Cc1cccc(c1)C(=O)OCCSSCCOC(=O)c1cccc(c1)C#C2. The molecular formula is C68H60O16S4. The third-order valence-corrected chi connectivity index (χ3v) is 16.4. The van der Waals surface area contributed by atoms with Gasteiger partial charge in [-0.3, -0.25) is 0 Å². The summed E-state index contributed by atoms with van der Waals surface area (Å²) in [6, 6.07) is 36.5. The summed E-state index contributed by atoms with van der Waals surface area (Å²) in [5.74, 6) is 23.2. The summed E-state index contributed by atoms with van der Waals surface area (Å²) in [7, 11) is 8.97. The second-order valence-corrected chi connectivity index (χ2v) is 23.6. The lowest BCUT2D eigenvalue weighted by Crippen LogP contribution is -2.13. The largest absolute Gasteiger partial charge is 0.461 e. The standard InChI is InChI=1S/C68H60O16S4/c1-75-23-25-77-27-29-79-67(73)61-45-53-19-15-49-7-3-11-57(41-49)63(69)81-31-35-85-87-37-33-83-65(71)59-13-5-9-51(43-59)17-21-55-40-56(48-62(47-55)68(74)80-30-28-78-26-24-76-2)22-18-52-10-6-14-60(44-52)66(72)84-34-38-88-86-36-32-82-64(70)58-12-4-8-50(42-58)16-20-54(39-53)46-61/h3-14,39-48H,23-38H2,1-2H3. The molecule has 0 saturated carbocycles. The maximum Gasteiger partial charge on any atom is 0.338 e. The number of benzene rings is 6. The molecule has 1 aliphatic heterocycles. The van der Waals surface area contributed by atoms with Crippen LogP contribution in [0.4, 0.5) is 0 Å². The van der Waals surface area contributed by atoms with E-state index < -0.39 is 35.8 Å². The Kier molecular flexibility index (Phi) is 29.0. The van der Waals surface area contributed by atoms with Crippen molar-refractivity contribution in [2.24, 2.45) is 0 Å². The molecule has 0 N–H and O–H groups in total. The van der Waals surface area contributed by atoms with E-state index in [0.717, 1.165) is 0 Å². The first-order valence-corrected chi connectivity index (χ1v) is 32.4. The lowest BCUT2D eigenvalue weighted by Gasteiger charge is -2.07. The summed E-state index contributed by atoms with van der Waals surface area (Å²) in [6.45, 7) is 2.36. The Morgan fingerprint density at radius 3 is 0.886 bits per heavy atom. The van der Waals surface area contributed by atoms with Gasteiger partial charge in [0.15, 0.2) is 0 Å². The van der Waals surface area contributed by atoms with Crippen LogP contribution in [0.2, 0.25) is 0 Å². The van der Waals surface area contributed by atoms with Gasteiger partial charge < -0.3 is 47.4 Å². The summed E-state index contributed by atoms with van der Waals surface area (Å²) in [5, 5.41) is 0. The van der Waals surface area contributed by atoms with Gasteiger partial charge in [0, 0.05) is 81.7 Å². The van der Waals surface area contributed by atoms with E-state index in [1.807, 2.05) is 0 Å². The van der Waals surface area contributed by atoms with E-state index in [1.54, 1.807) is 148 Å². The molecule has 0 saturated heterocycles. The van der Waals surface area contributed by atoms with Crippen LogP contribution in [0.15, 0.2) is 133 Å². The van der Waals surface area contributed by atoms with Gasteiger partial charge in [-0.1, -0.05) is 115 Å². The molecule has 6 aromatic rings. The average Bonchev–Trinajstić information content (AvgIpc) is 3.65. The Morgan fingerprint density at radius 1 is 0.352 bits per heavy atom. The van der Waals surface area contributed by atoms with E-state index in [9.17, 15) is 28.8 Å². The van der Waals surface area contributed by atoms with Crippen LogP contribution >= 0.6 is 43.2 Å². The number of esters is 6. The Bertz CT molecular complexity index is 3230. The van der Waals surface area contributed by atoms with Crippen molar-refractivity contribution in [1.29, 1.82) is 0 Å². The van der Waals surface area contributed by atoms with Crippen LogP contribution in [0.25, 0.3) is 0 Å². The smallest absolute Gasteiger partial charge is 0.338 e. The number of ether oxygens (including phenoxy) is 10. The molecule has 0 radical (unpaired) electrons. The van der Waals surface area contributed by atoms with Crippen LogP contribution in [-0.4, -0.2) is 152 Å². The van der Waals surface area contributed by atoms with Crippen LogP contribution in [0.5, 0.6) is 0 Å². The molecule has 0 aliphatic carbocycles. The molecule has 12 bridgehead atoms. The van der Waals surface area contributed by atoms with Crippen molar-refractivity contribution in [3.63, 3.8) is 0 Å². The number of rotatable bonds is 14. The topological polar surface area (TPSA) is 195 Å². The summed E-state index contributed by atoms with van der Waals surface area (Å²) in [5.41, 5.74) is 5.49. The Balaban J connectivity index is 1.05.